The van der Waals surface area contributed by atoms with Gasteiger partial charge < -0.3 is 20.3 Å². The van der Waals surface area contributed by atoms with Crippen molar-refractivity contribution < 1.29 is 9.13 Å². The average molecular weight is 338 g/mol. The van der Waals surface area contributed by atoms with E-state index in [2.05, 4.69) is 20.5 Å². The van der Waals surface area contributed by atoms with Gasteiger partial charge in [-0.1, -0.05) is 12.1 Å². The molecule has 5 nitrogen and oxygen atoms in total. The molecule has 0 saturated heterocycles. The quantitative estimate of drug-likeness (QED) is 0.564. The highest BCUT2D eigenvalue weighted by Gasteiger charge is 2.17. The highest BCUT2D eigenvalue weighted by molar-refractivity contribution is 5.79. The Kier molecular flexibility index (Phi) is 8.15. The SMILES string of the molecule is CCNC(=NCC(C)(C)OC)NCC(c1ccc(F)cc1)N(C)C. The highest BCUT2D eigenvalue weighted by atomic mass is 19.1. The number of hydrogen-bond acceptors (Lipinski definition) is 3. The number of aliphatic imine (C=N–C) groups is 1. The average Bonchev–Trinajstić information content (AvgIpc) is 2.54. The first-order valence-electron chi connectivity index (χ1n) is 8.28. The molecule has 0 aliphatic rings. The van der Waals surface area contributed by atoms with Gasteiger partial charge in [-0.05, 0) is 52.6 Å². The third kappa shape index (κ3) is 6.84. The van der Waals surface area contributed by atoms with Gasteiger partial charge in [0.1, 0.15) is 5.82 Å². The zero-order valence-electron chi connectivity index (χ0n) is 15.7. The third-order valence-corrected chi connectivity index (χ3v) is 3.86. The van der Waals surface area contributed by atoms with Crippen molar-refractivity contribution in [2.45, 2.75) is 32.4 Å². The van der Waals surface area contributed by atoms with Crippen molar-refractivity contribution in [3.05, 3.63) is 35.6 Å². The molecule has 6 heteroatoms. The molecule has 24 heavy (non-hydrogen) atoms. The van der Waals surface area contributed by atoms with Gasteiger partial charge >= 0.3 is 0 Å². The second kappa shape index (κ2) is 9.59. The fraction of sp³-hybridized carbons (Fsp3) is 0.611. The molecule has 1 aromatic carbocycles. The van der Waals surface area contributed by atoms with Crippen molar-refractivity contribution in [3.63, 3.8) is 0 Å². The minimum Gasteiger partial charge on any atom is -0.377 e. The molecule has 0 heterocycles. The van der Waals surface area contributed by atoms with Crippen molar-refractivity contribution in [1.29, 1.82) is 0 Å². The van der Waals surface area contributed by atoms with E-state index in [1.807, 2.05) is 47.0 Å². The topological polar surface area (TPSA) is 48.9 Å². The maximum atomic E-state index is 13.1. The summed E-state index contributed by atoms with van der Waals surface area (Å²) in [5.74, 6) is 0.525. The summed E-state index contributed by atoms with van der Waals surface area (Å²) in [6, 6.07) is 6.74. The highest BCUT2D eigenvalue weighted by Crippen LogP contribution is 2.17. The van der Waals surface area contributed by atoms with Crippen LogP contribution in [-0.4, -0.2) is 57.3 Å². The Morgan fingerprint density at radius 2 is 1.88 bits per heavy atom. The lowest BCUT2D eigenvalue weighted by molar-refractivity contribution is 0.0310. The number of nitrogens with one attached hydrogen (secondary N) is 2. The van der Waals surface area contributed by atoms with Crippen LogP contribution in [0.25, 0.3) is 0 Å². The number of halogens is 1. The van der Waals surface area contributed by atoms with E-state index < -0.39 is 0 Å². The van der Waals surface area contributed by atoms with E-state index in [0.717, 1.165) is 18.1 Å². The Balaban J connectivity index is 2.78. The van der Waals surface area contributed by atoms with Gasteiger partial charge in [0.15, 0.2) is 5.96 Å². The summed E-state index contributed by atoms with van der Waals surface area (Å²) in [5, 5.41) is 6.60. The van der Waals surface area contributed by atoms with Crippen LogP contribution in [0.1, 0.15) is 32.4 Å². The minimum absolute atomic E-state index is 0.116. The number of ether oxygens (including phenoxy) is 1. The van der Waals surface area contributed by atoms with Gasteiger partial charge in [0.05, 0.1) is 18.2 Å². The van der Waals surface area contributed by atoms with Crippen LogP contribution in [-0.2, 0) is 4.74 Å². The van der Waals surface area contributed by atoms with Gasteiger partial charge in [-0.3, -0.25) is 4.99 Å². The van der Waals surface area contributed by atoms with E-state index in [9.17, 15) is 4.39 Å². The lowest BCUT2D eigenvalue weighted by atomic mass is 10.1. The van der Waals surface area contributed by atoms with E-state index in [-0.39, 0.29) is 17.5 Å². The standard InChI is InChI=1S/C18H31FN4O/c1-7-20-17(22-13-18(2,3)24-6)21-12-16(23(4)5)14-8-10-15(19)11-9-14/h8-11,16H,7,12-13H2,1-6H3,(H2,20,21,22). The molecule has 1 aromatic rings. The number of guanidine groups is 1. The molecule has 0 radical (unpaired) electrons. The zero-order valence-corrected chi connectivity index (χ0v) is 15.7. The molecule has 136 valence electrons. The maximum absolute atomic E-state index is 13.1. The minimum atomic E-state index is -0.305. The fourth-order valence-electron chi connectivity index (χ4n) is 2.15. The largest absolute Gasteiger partial charge is 0.377 e. The van der Waals surface area contributed by atoms with Gasteiger partial charge in [0, 0.05) is 20.2 Å². The Hall–Kier alpha value is -1.66. The van der Waals surface area contributed by atoms with E-state index in [1.54, 1.807) is 7.11 Å². The Bertz CT molecular complexity index is 514. The summed E-state index contributed by atoms with van der Waals surface area (Å²) in [7, 11) is 5.70. The van der Waals surface area contributed by atoms with Crippen molar-refractivity contribution in [2.24, 2.45) is 4.99 Å². The predicted octanol–water partition coefficient (Wildman–Crippen LogP) is 2.41. The Labute approximate surface area is 145 Å². The molecule has 0 aliphatic carbocycles. The summed E-state index contributed by atoms with van der Waals surface area (Å²) in [6.45, 7) is 8.03. The molecule has 0 saturated carbocycles. The van der Waals surface area contributed by atoms with Gasteiger partial charge in [-0.2, -0.15) is 0 Å². The lowest BCUT2D eigenvalue weighted by Gasteiger charge is -2.26. The van der Waals surface area contributed by atoms with E-state index in [1.165, 1.54) is 12.1 Å². The van der Waals surface area contributed by atoms with Crippen LogP contribution < -0.4 is 10.6 Å². The van der Waals surface area contributed by atoms with Gasteiger partial charge in [-0.15, -0.1) is 0 Å². The predicted molar refractivity (Wildman–Crippen MR) is 97.9 cm³/mol. The van der Waals surface area contributed by atoms with Gasteiger partial charge in [0.25, 0.3) is 0 Å². The molecular formula is C18H31FN4O. The summed E-state index contributed by atoms with van der Waals surface area (Å²) >= 11 is 0. The van der Waals surface area contributed by atoms with Crippen LogP contribution in [0, 0.1) is 5.82 Å². The Morgan fingerprint density at radius 1 is 1.25 bits per heavy atom. The first-order valence-corrected chi connectivity index (χ1v) is 8.28. The van der Waals surface area contributed by atoms with Crippen molar-refractivity contribution >= 4 is 5.96 Å². The summed E-state index contributed by atoms with van der Waals surface area (Å²) < 4.78 is 18.5. The number of rotatable bonds is 8. The maximum Gasteiger partial charge on any atom is 0.191 e. The molecule has 0 amide bonds. The molecule has 0 spiro atoms. The normalized spacial score (nSPS) is 13.9. The molecule has 0 aliphatic heterocycles. The molecule has 1 atom stereocenters. The van der Waals surface area contributed by atoms with Crippen LogP contribution in [0.3, 0.4) is 0 Å². The fourth-order valence-corrected chi connectivity index (χ4v) is 2.15. The van der Waals surface area contributed by atoms with Crippen molar-refractivity contribution in [2.75, 3.05) is 40.8 Å². The van der Waals surface area contributed by atoms with Gasteiger partial charge in [-0.25, -0.2) is 4.39 Å². The number of benzene rings is 1. The molecule has 1 rings (SSSR count). The van der Waals surface area contributed by atoms with E-state index in [0.29, 0.717) is 13.1 Å². The smallest absolute Gasteiger partial charge is 0.191 e. The summed E-state index contributed by atoms with van der Waals surface area (Å²) in [6.07, 6.45) is 0. The van der Waals surface area contributed by atoms with Crippen LogP contribution in [0.5, 0.6) is 0 Å². The second-order valence-corrected chi connectivity index (χ2v) is 6.57. The van der Waals surface area contributed by atoms with E-state index >= 15 is 0 Å². The summed E-state index contributed by atoms with van der Waals surface area (Å²) in [5.41, 5.74) is 0.752. The van der Waals surface area contributed by atoms with Crippen LogP contribution in [0.4, 0.5) is 4.39 Å². The summed E-state index contributed by atoms with van der Waals surface area (Å²) in [4.78, 5) is 6.69. The lowest BCUT2D eigenvalue weighted by Crippen LogP contribution is -2.42. The molecular weight excluding hydrogens is 307 g/mol. The molecule has 0 fully saturated rings. The van der Waals surface area contributed by atoms with Crippen molar-refractivity contribution in [1.82, 2.24) is 15.5 Å². The second-order valence-electron chi connectivity index (χ2n) is 6.57. The Morgan fingerprint density at radius 3 is 2.38 bits per heavy atom. The first kappa shape index (κ1) is 20.4. The first-order chi connectivity index (χ1) is 11.3. The van der Waals surface area contributed by atoms with Crippen LogP contribution >= 0.6 is 0 Å². The van der Waals surface area contributed by atoms with Gasteiger partial charge in [0.2, 0.25) is 0 Å². The number of hydrogen-bond donors (Lipinski definition) is 2. The molecule has 0 aromatic heterocycles. The molecule has 0 bridgehead atoms. The monoisotopic (exact) mass is 338 g/mol. The molecule has 2 N–H and O–H groups in total. The third-order valence-electron chi connectivity index (χ3n) is 3.86. The van der Waals surface area contributed by atoms with E-state index in [4.69, 9.17) is 4.74 Å². The zero-order chi connectivity index (χ0) is 18.2. The number of methoxy groups -OCH3 is 1. The van der Waals surface area contributed by atoms with Crippen molar-refractivity contribution in [3.8, 4) is 0 Å². The molecule has 1 unspecified atom stereocenters. The van der Waals surface area contributed by atoms with Crippen LogP contribution in [0.15, 0.2) is 29.3 Å². The number of nitrogens with zero attached hydrogens (tertiary/aromatic N) is 2. The van der Waals surface area contributed by atoms with Crippen LogP contribution in [0.2, 0.25) is 0 Å². The number of likely N-dealkylation sites (N-methyl/N-ethyl adjacent to an activating group) is 1.